The molecule has 0 radical (unpaired) electrons. The lowest BCUT2D eigenvalue weighted by Gasteiger charge is -2.27. The topological polar surface area (TPSA) is 24.5 Å². The quantitative estimate of drug-likeness (QED) is 0.736. The minimum Gasteiger partial charge on any atom is -0.379 e. The van der Waals surface area contributed by atoms with Crippen molar-refractivity contribution in [2.75, 3.05) is 50.9 Å². The SMILES string of the molecule is C(CN1CCOCC1)N[C@@H]1CCSC1. The van der Waals surface area contributed by atoms with Crippen LogP contribution >= 0.6 is 11.8 Å². The standard InChI is InChI=1S/C10H20N2OS/c1-8-14-9-10(1)11-2-3-12-4-6-13-7-5-12/h10-11H,1-9H2/t10-/m1/s1. The minimum atomic E-state index is 0.779. The average Bonchev–Trinajstić information content (AvgIpc) is 2.72. The van der Waals surface area contributed by atoms with E-state index < -0.39 is 0 Å². The molecule has 0 bridgehead atoms. The highest BCUT2D eigenvalue weighted by Crippen LogP contribution is 2.16. The Morgan fingerprint density at radius 3 is 2.93 bits per heavy atom. The summed E-state index contributed by atoms with van der Waals surface area (Å²) in [6.07, 6.45) is 1.35. The van der Waals surface area contributed by atoms with Crippen molar-refractivity contribution in [1.82, 2.24) is 10.2 Å². The van der Waals surface area contributed by atoms with Crippen LogP contribution in [-0.4, -0.2) is 61.8 Å². The Hall–Kier alpha value is 0.230. The summed E-state index contributed by atoms with van der Waals surface area (Å²) < 4.78 is 5.31. The van der Waals surface area contributed by atoms with Gasteiger partial charge in [0.05, 0.1) is 13.2 Å². The number of hydrogen-bond acceptors (Lipinski definition) is 4. The second kappa shape index (κ2) is 5.95. The first kappa shape index (κ1) is 10.7. The Bertz CT molecular complexity index is 156. The van der Waals surface area contributed by atoms with Crippen molar-refractivity contribution < 1.29 is 4.74 Å². The van der Waals surface area contributed by atoms with Crippen LogP contribution in [0.25, 0.3) is 0 Å². The summed E-state index contributed by atoms with van der Waals surface area (Å²) in [6.45, 7) is 6.39. The highest BCUT2D eigenvalue weighted by molar-refractivity contribution is 7.99. The fourth-order valence-electron chi connectivity index (χ4n) is 1.95. The predicted octanol–water partition coefficient (Wildman–Crippen LogP) is 0.414. The van der Waals surface area contributed by atoms with Gasteiger partial charge in [0.15, 0.2) is 0 Å². The highest BCUT2D eigenvalue weighted by atomic mass is 32.2. The van der Waals surface area contributed by atoms with Gasteiger partial charge in [0.25, 0.3) is 0 Å². The van der Waals surface area contributed by atoms with Crippen molar-refractivity contribution in [3.05, 3.63) is 0 Å². The van der Waals surface area contributed by atoms with Gasteiger partial charge in [0, 0.05) is 38.0 Å². The first-order chi connectivity index (χ1) is 6.95. The van der Waals surface area contributed by atoms with Gasteiger partial charge in [-0.2, -0.15) is 11.8 Å². The fourth-order valence-corrected chi connectivity index (χ4v) is 3.13. The summed E-state index contributed by atoms with van der Waals surface area (Å²) >= 11 is 2.07. The Labute approximate surface area is 90.6 Å². The number of nitrogens with one attached hydrogen (secondary N) is 1. The third-order valence-corrected chi connectivity index (χ3v) is 4.06. The van der Waals surface area contributed by atoms with Crippen LogP contribution < -0.4 is 5.32 Å². The summed E-state index contributed by atoms with van der Waals surface area (Å²) in [5.41, 5.74) is 0. The second-order valence-electron chi connectivity index (χ2n) is 3.97. The third-order valence-electron chi connectivity index (χ3n) is 2.89. The Kier molecular flexibility index (Phi) is 4.57. The van der Waals surface area contributed by atoms with Gasteiger partial charge in [-0.15, -0.1) is 0 Å². The maximum atomic E-state index is 5.31. The van der Waals surface area contributed by atoms with Gasteiger partial charge in [-0.1, -0.05) is 0 Å². The monoisotopic (exact) mass is 216 g/mol. The van der Waals surface area contributed by atoms with Gasteiger partial charge in [0.2, 0.25) is 0 Å². The molecule has 2 aliphatic rings. The molecule has 1 N–H and O–H groups in total. The van der Waals surface area contributed by atoms with E-state index in [0.717, 1.165) is 38.9 Å². The van der Waals surface area contributed by atoms with Crippen LogP contribution in [0, 0.1) is 0 Å². The van der Waals surface area contributed by atoms with E-state index in [-0.39, 0.29) is 0 Å². The van der Waals surface area contributed by atoms with E-state index in [1.165, 1.54) is 24.5 Å². The highest BCUT2D eigenvalue weighted by Gasteiger charge is 2.15. The number of morpholine rings is 1. The van der Waals surface area contributed by atoms with Gasteiger partial charge in [-0.3, -0.25) is 4.90 Å². The Balaban J connectivity index is 1.52. The van der Waals surface area contributed by atoms with E-state index in [4.69, 9.17) is 4.74 Å². The molecule has 2 rings (SSSR count). The molecular formula is C10H20N2OS. The molecule has 82 valence electrons. The molecule has 3 nitrogen and oxygen atoms in total. The van der Waals surface area contributed by atoms with E-state index in [1.807, 2.05) is 0 Å². The molecule has 0 aromatic heterocycles. The zero-order valence-electron chi connectivity index (χ0n) is 8.71. The van der Waals surface area contributed by atoms with Crippen LogP contribution in [0.2, 0.25) is 0 Å². The summed E-state index contributed by atoms with van der Waals surface area (Å²) in [4.78, 5) is 2.48. The molecule has 0 amide bonds. The number of nitrogens with zero attached hydrogens (tertiary/aromatic N) is 1. The van der Waals surface area contributed by atoms with E-state index in [2.05, 4.69) is 22.0 Å². The normalized spacial score (nSPS) is 29.6. The zero-order valence-corrected chi connectivity index (χ0v) is 9.52. The van der Waals surface area contributed by atoms with Crippen molar-refractivity contribution in [1.29, 1.82) is 0 Å². The van der Waals surface area contributed by atoms with Crippen molar-refractivity contribution >= 4 is 11.8 Å². The smallest absolute Gasteiger partial charge is 0.0594 e. The van der Waals surface area contributed by atoms with Crippen LogP contribution in [0.4, 0.5) is 0 Å². The molecule has 0 spiro atoms. The first-order valence-corrected chi connectivity index (χ1v) is 6.72. The van der Waals surface area contributed by atoms with E-state index in [9.17, 15) is 0 Å². The molecule has 0 aromatic carbocycles. The van der Waals surface area contributed by atoms with Gasteiger partial charge in [0.1, 0.15) is 0 Å². The second-order valence-corrected chi connectivity index (χ2v) is 5.12. The minimum absolute atomic E-state index is 0.779. The molecule has 2 saturated heterocycles. The molecule has 2 aliphatic heterocycles. The molecule has 2 heterocycles. The summed E-state index contributed by atoms with van der Waals surface area (Å²) in [7, 11) is 0. The van der Waals surface area contributed by atoms with Crippen molar-refractivity contribution in [2.24, 2.45) is 0 Å². The summed E-state index contributed by atoms with van der Waals surface area (Å²) in [6, 6.07) is 0.779. The molecule has 14 heavy (non-hydrogen) atoms. The molecule has 1 atom stereocenters. The lowest BCUT2D eigenvalue weighted by Crippen LogP contribution is -2.42. The van der Waals surface area contributed by atoms with Crippen molar-refractivity contribution in [3.63, 3.8) is 0 Å². The molecule has 0 aliphatic carbocycles. The largest absolute Gasteiger partial charge is 0.379 e. The van der Waals surface area contributed by atoms with Crippen LogP contribution in [0.1, 0.15) is 6.42 Å². The van der Waals surface area contributed by atoms with Crippen molar-refractivity contribution in [2.45, 2.75) is 12.5 Å². The zero-order chi connectivity index (χ0) is 9.64. The van der Waals surface area contributed by atoms with E-state index in [0.29, 0.717) is 0 Å². The molecule has 2 fully saturated rings. The third kappa shape index (κ3) is 3.42. The van der Waals surface area contributed by atoms with Gasteiger partial charge < -0.3 is 10.1 Å². The number of rotatable bonds is 4. The number of thioether (sulfide) groups is 1. The lowest BCUT2D eigenvalue weighted by molar-refractivity contribution is 0.0382. The van der Waals surface area contributed by atoms with E-state index >= 15 is 0 Å². The lowest BCUT2D eigenvalue weighted by atomic mass is 10.2. The maximum absolute atomic E-state index is 5.31. The van der Waals surface area contributed by atoms with Gasteiger partial charge in [-0.25, -0.2) is 0 Å². The molecule has 0 saturated carbocycles. The number of hydrogen-bond donors (Lipinski definition) is 1. The van der Waals surface area contributed by atoms with Crippen LogP contribution in [-0.2, 0) is 4.74 Å². The van der Waals surface area contributed by atoms with Crippen molar-refractivity contribution in [3.8, 4) is 0 Å². The molecule has 4 heteroatoms. The van der Waals surface area contributed by atoms with Crippen LogP contribution in [0.3, 0.4) is 0 Å². The van der Waals surface area contributed by atoms with Crippen LogP contribution in [0.15, 0.2) is 0 Å². The average molecular weight is 216 g/mol. The Morgan fingerprint density at radius 1 is 1.36 bits per heavy atom. The summed E-state index contributed by atoms with van der Waals surface area (Å²) in [5.74, 6) is 2.65. The Morgan fingerprint density at radius 2 is 2.21 bits per heavy atom. The molecule has 0 unspecified atom stereocenters. The first-order valence-electron chi connectivity index (χ1n) is 5.56. The van der Waals surface area contributed by atoms with E-state index in [1.54, 1.807) is 0 Å². The van der Waals surface area contributed by atoms with Gasteiger partial charge in [-0.05, 0) is 12.2 Å². The van der Waals surface area contributed by atoms with Crippen LogP contribution in [0.5, 0.6) is 0 Å². The summed E-state index contributed by atoms with van der Waals surface area (Å²) in [5, 5.41) is 3.63. The molecular weight excluding hydrogens is 196 g/mol. The fraction of sp³-hybridized carbons (Fsp3) is 1.00. The predicted molar refractivity (Wildman–Crippen MR) is 61.0 cm³/mol. The maximum Gasteiger partial charge on any atom is 0.0594 e. The number of ether oxygens (including phenoxy) is 1. The molecule has 0 aromatic rings. The van der Waals surface area contributed by atoms with Gasteiger partial charge >= 0.3 is 0 Å².